The number of likely N-dealkylation sites (N-methyl/N-ethyl adjacent to an activating group) is 1. The van der Waals surface area contributed by atoms with E-state index in [-0.39, 0.29) is 5.91 Å². The largest absolute Gasteiger partial charge is 0.351 e. The van der Waals surface area contributed by atoms with Gasteiger partial charge in [0.1, 0.15) is 0 Å². The zero-order valence-corrected chi connectivity index (χ0v) is 9.99. The summed E-state index contributed by atoms with van der Waals surface area (Å²) in [4.78, 5) is 11.9. The van der Waals surface area contributed by atoms with Crippen LogP contribution in [-0.2, 0) is 6.42 Å². The van der Waals surface area contributed by atoms with Crippen LogP contribution >= 0.6 is 0 Å². The number of rotatable bonds is 6. The molecule has 1 amide bonds. The molecule has 0 bridgehead atoms. The minimum atomic E-state index is -0.105. The SMILES string of the molecule is CNCCc1ccccc1C(=O)NCCC#N. The monoisotopic (exact) mass is 231 g/mol. The first-order valence-corrected chi connectivity index (χ1v) is 5.67. The standard InChI is InChI=1S/C13H17N3O/c1-15-10-7-11-5-2-3-6-12(11)13(17)16-9-4-8-14/h2-3,5-6,15H,4,7,9-10H2,1H3,(H,16,17). The van der Waals surface area contributed by atoms with Crippen LogP contribution in [0.25, 0.3) is 0 Å². The fourth-order valence-corrected chi connectivity index (χ4v) is 1.55. The summed E-state index contributed by atoms with van der Waals surface area (Å²) in [6.45, 7) is 1.23. The smallest absolute Gasteiger partial charge is 0.251 e. The summed E-state index contributed by atoms with van der Waals surface area (Å²) in [7, 11) is 1.88. The Morgan fingerprint density at radius 2 is 2.12 bits per heavy atom. The van der Waals surface area contributed by atoms with Crippen molar-refractivity contribution in [1.29, 1.82) is 5.26 Å². The fourth-order valence-electron chi connectivity index (χ4n) is 1.55. The number of nitrogens with zero attached hydrogens (tertiary/aromatic N) is 1. The summed E-state index contributed by atoms with van der Waals surface area (Å²) in [5.41, 5.74) is 1.72. The lowest BCUT2D eigenvalue weighted by molar-refractivity contribution is 0.0953. The van der Waals surface area contributed by atoms with Crippen LogP contribution in [0.4, 0.5) is 0 Å². The molecule has 0 saturated carbocycles. The van der Waals surface area contributed by atoms with Crippen LogP contribution in [0.1, 0.15) is 22.3 Å². The van der Waals surface area contributed by atoms with Gasteiger partial charge in [-0.2, -0.15) is 5.26 Å². The number of nitriles is 1. The molecule has 0 heterocycles. The van der Waals surface area contributed by atoms with Crippen molar-refractivity contribution in [2.24, 2.45) is 0 Å². The summed E-state index contributed by atoms with van der Waals surface area (Å²) in [6.07, 6.45) is 1.16. The van der Waals surface area contributed by atoms with Crippen molar-refractivity contribution in [2.75, 3.05) is 20.1 Å². The van der Waals surface area contributed by atoms with Crippen LogP contribution in [0.5, 0.6) is 0 Å². The molecule has 0 atom stereocenters. The topological polar surface area (TPSA) is 64.9 Å². The number of nitrogens with one attached hydrogen (secondary N) is 2. The highest BCUT2D eigenvalue weighted by Crippen LogP contribution is 2.09. The molecule has 4 nitrogen and oxygen atoms in total. The Labute approximate surface area is 102 Å². The molecule has 4 heteroatoms. The lowest BCUT2D eigenvalue weighted by Gasteiger charge is -2.09. The number of benzene rings is 1. The van der Waals surface area contributed by atoms with Crippen LogP contribution in [0.3, 0.4) is 0 Å². The van der Waals surface area contributed by atoms with Crippen LogP contribution in [0, 0.1) is 11.3 Å². The molecule has 90 valence electrons. The third kappa shape index (κ3) is 4.25. The molecule has 0 spiro atoms. The van der Waals surface area contributed by atoms with Crippen molar-refractivity contribution < 1.29 is 4.79 Å². The van der Waals surface area contributed by atoms with Gasteiger partial charge in [-0.05, 0) is 31.6 Å². The molecular weight excluding hydrogens is 214 g/mol. The van der Waals surface area contributed by atoms with Crippen molar-refractivity contribution in [3.63, 3.8) is 0 Å². The molecule has 0 unspecified atom stereocenters. The van der Waals surface area contributed by atoms with Crippen molar-refractivity contribution in [2.45, 2.75) is 12.8 Å². The molecule has 2 N–H and O–H groups in total. The lowest BCUT2D eigenvalue weighted by atomic mass is 10.0. The zero-order valence-electron chi connectivity index (χ0n) is 9.99. The Balaban J connectivity index is 2.68. The van der Waals surface area contributed by atoms with Gasteiger partial charge >= 0.3 is 0 Å². The minimum absolute atomic E-state index is 0.105. The first kappa shape index (κ1) is 13.2. The van der Waals surface area contributed by atoms with Gasteiger partial charge in [-0.3, -0.25) is 4.79 Å². The number of carbonyl (C=O) groups excluding carboxylic acids is 1. The summed E-state index contributed by atoms with van der Waals surface area (Å²) in [5.74, 6) is -0.105. The van der Waals surface area contributed by atoms with Gasteiger partial charge < -0.3 is 10.6 Å². The van der Waals surface area contributed by atoms with Gasteiger partial charge in [0, 0.05) is 12.1 Å². The molecule has 0 aliphatic rings. The predicted octanol–water partition coefficient (Wildman–Crippen LogP) is 1.09. The van der Waals surface area contributed by atoms with Crippen molar-refractivity contribution >= 4 is 5.91 Å². The van der Waals surface area contributed by atoms with Gasteiger partial charge in [-0.25, -0.2) is 0 Å². The molecule has 1 aromatic carbocycles. The number of amides is 1. The third-order valence-corrected chi connectivity index (χ3v) is 2.43. The Bertz CT molecular complexity index is 409. The van der Waals surface area contributed by atoms with E-state index >= 15 is 0 Å². The molecular formula is C13H17N3O. The second kappa shape index (κ2) is 7.42. The Morgan fingerprint density at radius 3 is 2.82 bits per heavy atom. The summed E-state index contributed by atoms with van der Waals surface area (Å²) >= 11 is 0. The highest BCUT2D eigenvalue weighted by Gasteiger charge is 2.09. The van der Waals surface area contributed by atoms with Crippen molar-refractivity contribution in [3.8, 4) is 6.07 Å². The fraction of sp³-hybridized carbons (Fsp3) is 0.385. The normalized spacial score (nSPS) is 9.65. The highest BCUT2D eigenvalue weighted by atomic mass is 16.1. The molecule has 17 heavy (non-hydrogen) atoms. The lowest BCUT2D eigenvalue weighted by Crippen LogP contribution is -2.25. The summed E-state index contributed by atoms with van der Waals surface area (Å²) in [5, 5.41) is 14.2. The minimum Gasteiger partial charge on any atom is -0.351 e. The van der Waals surface area contributed by atoms with E-state index in [1.807, 2.05) is 37.4 Å². The molecule has 0 saturated heterocycles. The van der Waals surface area contributed by atoms with Crippen LogP contribution in [-0.4, -0.2) is 26.0 Å². The van der Waals surface area contributed by atoms with E-state index in [4.69, 9.17) is 5.26 Å². The quantitative estimate of drug-likeness (QED) is 0.720. The number of carbonyl (C=O) groups is 1. The van der Waals surface area contributed by atoms with Gasteiger partial charge in [-0.15, -0.1) is 0 Å². The number of hydrogen-bond donors (Lipinski definition) is 2. The third-order valence-electron chi connectivity index (χ3n) is 2.43. The van der Waals surface area contributed by atoms with E-state index < -0.39 is 0 Å². The molecule has 1 aromatic rings. The molecule has 1 rings (SSSR count). The molecule has 0 aliphatic heterocycles. The summed E-state index contributed by atoms with van der Waals surface area (Å²) in [6, 6.07) is 9.54. The maximum absolute atomic E-state index is 11.9. The van der Waals surface area contributed by atoms with Gasteiger partial charge in [0.25, 0.3) is 5.91 Å². The number of hydrogen-bond acceptors (Lipinski definition) is 3. The van der Waals surface area contributed by atoms with Gasteiger partial charge in [-0.1, -0.05) is 18.2 Å². The Morgan fingerprint density at radius 1 is 1.35 bits per heavy atom. The van der Waals surface area contributed by atoms with E-state index in [1.54, 1.807) is 0 Å². The Kier molecular flexibility index (Phi) is 5.76. The molecule has 0 fully saturated rings. The average Bonchev–Trinajstić information content (AvgIpc) is 2.37. The predicted molar refractivity (Wildman–Crippen MR) is 66.6 cm³/mol. The zero-order chi connectivity index (χ0) is 12.5. The van der Waals surface area contributed by atoms with Gasteiger partial charge in [0.15, 0.2) is 0 Å². The molecule has 0 aromatic heterocycles. The maximum atomic E-state index is 11.9. The first-order valence-electron chi connectivity index (χ1n) is 5.67. The van der Waals surface area contributed by atoms with E-state index in [1.165, 1.54) is 0 Å². The summed E-state index contributed by atoms with van der Waals surface area (Å²) < 4.78 is 0. The van der Waals surface area contributed by atoms with E-state index in [0.717, 1.165) is 18.5 Å². The van der Waals surface area contributed by atoms with Crippen LogP contribution in [0.15, 0.2) is 24.3 Å². The Hall–Kier alpha value is -1.86. The average molecular weight is 231 g/mol. The van der Waals surface area contributed by atoms with Crippen molar-refractivity contribution in [1.82, 2.24) is 10.6 Å². The van der Waals surface area contributed by atoms with E-state index in [2.05, 4.69) is 10.6 Å². The highest BCUT2D eigenvalue weighted by molar-refractivity contribution is 5.95. The first-order chi connectivity index (χ1) is 8.29. The molecule has 0 radical (unpaired) electrons. The second-order valence-electron chi connectivity index (χ2n) is 3.67. The van der Waals surface area contributed by atoms with E-state index in [9.17, 15) is 4.79 Å². The van der Waals surface area contributed by atoms with E-state index in [0.29, 0.717) is 18.5 Å². The second-order valence-corrected chi connectivity index (χ2v) is 3.67. The molecule has 0 aliphatic carbocycles. The van der Waals surface area contributed by atoms with Gasteiger partial charge in [0.05, 0.1) is 12.5 Å². The van der Waals surface area contributed by atoms with Crippen molar-refractivity contribution in [3.05, 3.63) is 35.4 Å². The van der Waals surface area contributed by atoms with Crippen LogP contribution in [0.2, 0.25) is 0 Å². The van der Waals surface area contributed by atoms with Crippen LogP contribution < -0.4 is 10.6 Å². The van der Waals surface area contributed by atoms with Gasteiger partial charge in [0.2, 0.25) is 0 Å². The maximum Gasteiger partial charge on any atom is 0.251 e.